The summed E-state index contributed by atoms with van der Waals surface area (Å²) in [7, 11) is 0. The Hall–Kier alpha value is -1.80. The van der Waals surface area contributed by atoms with E-state index in [2.05, 4.69) is 12.1 Å². The largest absolute Gasteiger partial charge is 0.481 e. The van der Waals surface area contributed by atoms with E-state index in [9.17, 15) is 4.79 Å². The van der Waals surface area contributed by atoms with Crippen LogP contribution in [-0.4, -0.2) is 11.1 Å². The number of aliphatic carboxylic acids is 1. The average molecular weight is 275 g/mol. The fraction of sp³-hybridized carbons (Fsp3) is 0.188. The van der Waals surface area contributed by atoms with Gasteiger partial charge < -0.3 is 5.11 Å². The van der Waals surface area contributed by atoms with Crippen LogP contribution in [0, 0.1) is 0 Å². The molecule has 0 atom stereocenters. The van der Waals surface area contributed by atoms with Gasteiger partial charge in [0.2, 0.25) is 0 Å². The van der Waals surface area contributed by atoms with E-state index in [1.165, 1.54) is 5.56 Å². The summed E-state index contributed by atoms with van der Waals surface area (Å²) < 4.78 is 0. The molecule has 0 aliphatic carbocycles. The normalized spacial score (nSPS) is 10.4. The summed E-state index contributed by atoms with van der Waals surface area (Å²) in [5.41, 5.74) is 3.09. The molecule has 2 rings (SSSR count). The molecule has 2 nitrogen and oxygen atoms in total. The highest BCUT2D eigenvalue weighted by Crippen LogP contribution is 2.19. The molecule has 0 aliphatic heterocycles. The average Bonchev–Trinajstić information content (AvgIpc) is 2.40. The molecule has 0 radical (unpaired) electrons. The standard InChI is InChI=1S/C16H15ClO2/c17-15-9-8-14(11-16(18)19)13(10-15)7-6-12-4-2-1-3-5-12/h1-5,8-10H,6-7,11H2,(H,18,19). The molecular weight excluding hydrogens is 260 g/mol. The van der Waals surface area contributed by atoms with E-state index < -0.39 is 5.97 Å². The molecule has 0 fully saturated rings. The summed E-state index contributed by atoms with van der Waals surface area (Å²) in [5, 5.41) is 9.56. The maximum absolute atomic E-state index is 10.8. The summed E-state index contributed by atoms with van der Waals surface area (Å²) in [5.74, 6) is -0.816. The van der Waals surface area contributed by atoms with Crippen LogP contribution in [0.25, 0.3) is 0 Å². The summed E-state index contributed by atoms with van der Waals surface area (Å²) in [6.45, 7) is 0. The van der Waals surface area contributed by atoms with Gasteiger partial charge in [-0.25, -0.2) is 0 Å². The minimum atomic E-state index is -0.816. The van der Waals surface area contributed by atoms with E-state index in [4.69, 9.17) is 16.7 Å². The number of benzene rings is 2. The minimum Gasteiger partial charge on any atom is -0.481 e. The van der Waals surface area contributed by atoms with E-state index in [-0.39, 0.29) is 6.42 Å². The van der Waals surface area contributed by atoms with Gasteiger partial charge in [-0.05, 0) is 41.7 Å². The molecule has 0 amide bonds. The Morgan fingerprint density at radius 2 is 1.74 bits per heavy atom. The van der Waals surface area contributed by atoms with Gasteiger partial charge in [-0.1, -0.05) is 48.0 Å². The predicted octanol–water partition coefficient (Wildman–Crippen LogP) is 3.75. The highest BCUT2D eigenvalue weighted by atomic mass is 35.5. The molecule has 1 N–H and O–H groups in total. The van der Waals surface area contributed by atoms with Gasteiger partial charge in [-0.15, -0.1) is 0 Å². The van der Waals surface area contributed by atoms with Crippen molar-refractivity contribution >= 4 is 17.6 Å². The fourth-order valence-electron chi connectivity index (χ4n) is 2.09. The summed E-state index contributed by atoms with van der Waals surface area (Å²) in [6.07, 6.45) is 1.72. The van der Waals surface area contributed by atoms with Crippen molar-refractivity contribution in [3.05, 3.63) is 70.2 Å². The first-order valence-electron chi connectivity index (χ1n) is 6.18. The van der Waals surface area contributed by atoms with Crippen LogP contribution in [0.15, 0.2) is 48.5 Å². The van der Waals surface area contributed by atoms with E-state index >= 15 is 0 Å². The number of rotatable bonds is 5. The lowest BCUT2D eigenvalue weighted by Crippen LogP contribution is -2.04. The summed E-state index contributed by atoms with van der Waals surface area (Å²) in [4.78, 5) is 10.8. The zero-order chi connectivity index (χ0) is 13.7. The lowest BCUT2D eigenvalue weighted by Gasteiger charge is -2.08. The monoisotopic (exact) mass is 274 g/mol. The van der Waals surface area contributed by atoms with E-state index in [0.29, 0.717) is 5.02 Å². The first kappa shape index (κ1) is 13.6. The molecule has 0 saturated heterocycles. The number of hydrogen-bond donors (Lipinski definition) is 1. The van der Waals surface area contributed by atoms with Crippen molar-refractivity contribution < 1.29 is 9.90 Å². The SMILES string of the molecule is O=C(O)Cc1ccc(Cl)cc1CCc1ccccc1. The molecule has 0 bridgehead atoms. The minimum absolute atomic E-state index is 0.0429. The number of carbonyl (C=O) groups is 1. The van der Waals surface area contributed by atoms with E-state index in [1.54, 1.807) is 12.1 Å². The fourth-order valence-corrected chi connectivity index (χ4v) is 2.28. The Bertz CT molecular complexity index is 564. The molecule has 0 unspecified atom stereocenters. The molecule has 3 heteroatoms. The second-order valence-electron chi connectivity index (χ2n) is 4.47. The Labute approximate surface area is 117 Å². The van der Waals surface area contributed by atoms with Crippen LogP contribution in [0.1, 0.15) is 16.7 Å². The lowest BCUT2D eigenvalue weighted by atomic mass is 9.98. The summed E-state index contributed by atoms with van der Waals surface area (Å²) >= 11 is 5.99. The zero-order valence-corrected chi connectivity index (χ0v) is 11.2. The number of halogens is 1. The topological polar surface area (TPSA) is 37.3 Å². The zero-order valence-electron chi connectivity index (χ0n) is 10.5. The smallest absolute Gasteiger partial charge is 0.307 e. The van der Waals surface area contributed by atoms with Crippen molar-refractivity contribution in [2.75, 3.05) is 0 Å². The van der Waals surface area contributed by atoms with Gasteiger partial charge in [0.05, 0.1) is 6.42 Å². The molecule has 2 aromatic carbocycles. The molecule has 2 aromatic rings. The van der Waals surface area contributed by atoms with Crippen LogP contribution < -0.4 is 0 Å². The van der Waals surface area contributed by atoms with Gasteiger partial charge >= 0.3 is 5.97 Å². The van der Waals surface area contributed by atoms with Crippen LogP contribution in [0.3, 0.4) is 0 Å². The van der Waals surface area contributed by atoms with Gasteiger partial charge in [0.15, 0.2) is 0 Å². The first-order chi connectivity index (χ1) is 9.15. The third kappa shape index (κ3) is 4.11. The Kier molecular flexibility index (Phi) is 4.58. The van der Waals surface area contributed by atoms with Crippen molar-refractivity contribution in [2.45, 2.75) is 19.3 Å². The molecule has 0 spiro atoms. The predicted molar refractivity (Wildman–Crippen MR) is 76.6 cm³/mol. The molecule has 19 heavy (non-hydrogen) atoms. The Morgan fingerprint density at radius 3 is 2.42 bits per heavy atom. The molecular formula is C16H15ClO2. The Balaban J connectivity index is 2.14. The maximum atomic E-state index is 10.8. The quantitative estimate of drug-likeness (QED) is 0.901. The van der Waals surface area contributed by atoms with Crippen molar-refractivity contribution in [3.63, 3.8) is 0 Å². The number of hydrogen-bond acceptors (Lipinski definition) is 1. The van der Waals surface area contributed by atoms with Crippen molar-refractivity contribution in [2.24, 2.45) is 0 Å². The van der Waals surface area contributed by atoms with E-state index in [1.807, 2.05) is 24.3 Å². The second kappa shape index (κ2) is 6.39. The lowest BCUT2D eigenvalue weighted by molar-refractivity contribution is -0.136. The third-order valence-electron chi connectivity index (χ3n) is 3.04. The highest BCUT2D eigenvalue weighted by molar-refractivity contribution is 6.30. The molecule has 0 saturated carbocycles. The van der Waals surface area contributed by atoms with Gasteiger partial charge in [0.1, 0.15) is 0 Å². The third-order valence-corrected chi connectivity index (χ3v) is 3.27. The van der Waals surface area contributed by atoms with E-state index in [0.717, 1.165) is 24.0 Å². The van der Waals surface area contributed by atoms with Crippen LogP contribution in [0.5, 0.6) is 0 Å². The van der Waals surface area contributed by atoms with Gasteiger partial charge in [0.25, 0.3) is 0 Å². The van der Waals surface area contributed by atoms with Crippen LogP contribution in [0.2, 0.25) is 5.02 Å². The van der Waals surface area contributed by atoms with Crippen molar-refractivity contribution in [3.8, 4) is 0 Å². The van der Waals surface area contributed by atoms with Crippen LogP contribution in [-0.2, 0) is 24.1 Å². The maximum Gasteiger partial charge on any atom is 0.307 e. The molecule has 0 heterocycles. The van der Waals surface area contributed by atoms with Crippen molar-refractivity contribution in [1.29, 1.82) is 0 Å². The number of carboxylic acids is 1. The number of carboxylic acid groups (broad SMARTS) is 1. The van der Waals surface area contributed by atoms with Gasteiger partial charge in [0, 0.05) is 5.02 Å². The summed E-state index contributed by atoms with van der Waals surface area (Å²) in [6, 6.07) is 15.5. The first-order valence-corrected chi connectivity index (χ1v) is 6.56. The van der Waals surface area contributed by atoms with Gasteiger partial charge in [-0.3, -0.25) is 4.79 Å². The Morgan fingerprint density at radius 1 is 1.00 bits per heavy atom. The molecule has 0 aliphatic rings. The number of aryl methyl sites for hydroxylation is 2. The van der Waals surface area contributed by atoms with Gasteiger partial charge in [-0.2, -0.15) is 0 Å². The highest BCUT2D eigenvalue weighted by Gasteiger charge is 2.08. The molecule has 98 valence electrons. The van der Waals surface area contributed by atoms with Crippen LogP contribution >= 0.6 is 11.6 Å². The van der Waals surface area contributed by atoms with Crippen LogP contribution in [0.4, 0.5) is 0 Å². The van der Waals surface area contributed by atoms with Crippen molar-refractivity contribution in [1.82, 2.24) is 0 Å². The molecule has 0 aromatic heterocycles. The second-order valence-corrected chi connectivity index (χ2v) is 4.91.